The predicted octanol–water partition coefficient (Wildman–Crippen LogP) is 5.56. The van der Waals surface area contributed by atoms with E-state index in [1.165, 1.54) is 0 Å². The number of benzene rings is 2. The first-order valence-corrected chi connectivity index (χ1v) is 7.91. The number of carbonyl (C=O) groups is 1. The largest absolute Gasteiger partial charge is 0.320 e. The molecule has 110 valence electrons. The van der Waals surface area contributed by atoms with Crippen LogP contribution in [0.5, 0.6) is 0 Å². The van der Waals surface area contributed by atoms with E-state index in [4.69, 9.17) is 23.2 Å². The molecular weight excluding hydrogens is 387 g/mol. The third kappa shape index (κ3) is 2.95. The molecule has 0 saturated carbocycles. The van der Waals surface area contributed by atoms with Gasteiger partial charge in [0.2, 0.25) is 0 Å². The van der Waals surface area contributed by atoms with Gasteiger partial charge in [-0.2, -0.15) is 0 Å². The number of fused-ring (bicyclic) bond motifs is 1. The summed E-state index contributed by atoms with van der Waals surface area (Å²) in [7, 11) is 0. The number of anilines is 1. The number of halogens is 3. The molecular formula is C16H9BrCl2N2O. The summed E-state index contributed by atoms with van der Waals surface area (Å²) in [5.41, 5.74) is 1.55. The molecule has 3 aromatic rings. The van der Waals surface area contributed by atoms with Gasteiger partial charge in [0.05, 0.1) is 26.8 Å². The van der Waals surface area contributed by atoms with Crippen LogP contribution in [0.1, 0.15) is 10.4 Å². The fourth-order valence-electron chi connectivity index (χ4n) is 2.13. The lowest BCUT2D eigenvalue weighted by Gasteiger charge is -2.10. The van der Waals surface area contributed by atoms with Crippen molar-refractivity contribution in [1.82, 2.24) is 4.98 Å². The minimum Gasteiger partial charge on any atom is -0.320 e. The Hall–Kier alpha value is -1.62. The van der Waals surface area contributed by atoms with Crippen molar-refractivity contribution in [2.75, 3.05) is 5.32 Å². The lowest BCUT2D eigenvalue weighted by atomic mass is 10.1. The number of hydrogen-bond acceptors (Lipinski definition) is 2. The Bertz CT molecular complexity index is 863. The SMILES string of the molecule is O=C(Nc1cccc2cc(Br)cnc12)c1c(Cl)cccc1Cl. The van der Waals surface area contributed by atoms with E-state index in [0.717, 1.165) is 9.86 Å². The van der Waals surface area contributed by atoms with Crippen molar-refractivity contribution in [3.05, 3.63) is 68.7 Å². The highest BCUT2D eigenvalue weighted by Gasteiger charge is 2.15. The molecule has 0 fully saturated rings. The third-order valence-corrected chi connectivity index (χ3v) is 4.18. The monoisotopic (exact) mass is 394 g/mol. The van der Waals surface area contributed by atoms with Gasteiger partial charge < -0.3 is 5.32 Å². The van der Waals surface area contributed by atoms with Gasteiger partial charge in [0.25, 0.3) is 5.91 Å². The lowest BCUT2D eigenvalue weighted by Crippen LogP contribution is -2.13. The molecule has 0 spiro atoms. The molecule has 3 nitrogen and oxygen atoms in total. The molecule has 0 unspecified atom stereocenters. The molecule has 1 aromatic heterocycles. The first kappa shape index (κ1) is 15.3. The minimum absolute atomic E-state index is 0.250. The molecule has 3 rings (SSSR count). The van der Waals surface area contributed by atoms with E-state index in [1.807, 2.05) is 18.2 Å². The summed E-state index contributed by atoms with van der Waals surface area (Å²) in [5, 5.41) is 4.34. The molecule has 1 N–H and O–H groups in total. The van der Waals surface area contributed by atoms with Crippen LogP contribution in [0.4, 0.5) is 5.69 Å². The number of nitrogens with one attached hydrogen (secondary N) is 1. The van der Waals surface area contributed by atoms with Gasteiger partial charge in [0, 0.05) is 16.1 Å². The van der Waals surface area contributed by atoms with Crippen molar-refractivity contribution < 1.29 is 4.79 Å². The Morgan fingerprint density at radius 1 is 1.09 bits per heavy atom. The first-order chi connectivity index (χ1) is 10.6. The molecule has 22 heavy (non-hydrogen) atoms. The standard InChI is InChI=1S/C16H9BrCl2N2O/c17-10-7-9-3-1-6-13(15(9)20-8-10)21-16(22)14-11(18)4-2-5-12(14)19/h1-8H,(H,21,22). The van der Waals surface area contributed by atoms with Crippen molar-refractivity contribution in [3.63, 3.8) is 0 Å². The van der Waals surface area contributed by atoms with E-state index in [0.29, 0.717) is 21.2 Å². The molecule has 0 atom stereocenters. The molecule has 0 radical (unpaired) electrons. The number of carbonyl (C=O) groups excluding carboxylic acids is 1. The summed E-state index contributed by atoms with van der Waals surface area (Å²) in [6.45, 7) is 0. The Labute approximate surface area is 145 Å². The molecule has 6 heteroatoms. The van der Waals surface area contributed by atoms with E-state index >= 15 is 0 Å². The number of nitrogens with zero attached hydrogens (tertiary/aromatic N) is 1. The van der Waals surface area contributed by atoms with Crippen LogP contribution >= 0.6 is 39.1 Å². The molecule has 1 heterocycles. The number of rotatable bonds is 2. The highest BCUT2D eigenvalue weighted by molar-refractivity contribution is 9.10. The van der Waals surface area contributed by atoms with E-state index in [9.17, 15) is 4.79 Å². The van der Waals surface area contributed by atoms with Crippen LogP contribution in [0.25, 0.3) is 10.9 Å². The average molecular weight is 396 g/mol. The van der Waals surface area contributed by atoms with Gasteiger partial charge in [-0.3, -0.25) is 9.78 Å². The second kappa shape index (κ2) is 6.24. The third-order valence-electron chi connectivity index (χ3n) is 3.12. The van der Waals surface area contributed by atoms with Crippen LogP contribution < -0.4 is 5.32 Å². The van der Waals surface area contributed by atoms with Gasteiger partial charge in [-0.15, -0.1) is 0 Å². The van der Waals surface area contributed by atoms with Crippen molar-refractivity contribution in [2.24, 2.45) is 0 Å². The van der Waals surface area contributed by atoms with Gasteiger partial charge in [-0.25, -0.2) is 0 Å². The fourth-order valence-corrected chi connectivity index (χ4v) is 3.05. The van der Waals surface area contributed by atoms with Gasteiger partial charge in [0.15, 0.2) is 0 Å². The maximum atomic E-state index is 12.4. The van der Waals surface area contributed by atoms with Crippen LogP contribution in [0.2, 0.25) is 10.0 Å². The number of amides is 1. The summed E-state index contributed by atoms with van der Waals surface area (Å²) in [6.07, 6.45) is 1.68. The average Bonchev–Trinajstić information content (AvgIpc) is 2.47. The Kier molecular flexibility index (Phi) is 4.34. The molecule has 0 aliphatic heterocycles. The number of hydrogen-bond donors (Lipinski definition) is 1. The predicted molar refractivity (Wildman–Crippen MR) is 93.9 cm³/mol. The Morgan fingerprint density at radius 3 is 2.50 bits per heavy atom. The minimum atomic E-state index is -0.368. The van der Waals surface area contributed by atoms with Crippen LogP contribution in [0.3, 0.4) is 0 Å². The van der Waals surface area contributed by atoms with Crippen molar-refractivity contribution in [2.45, 2.75) is 0 Å². The van der Waals surface area contributed by atoms with E-state index in [-0.39, 0.29) is 11.5 Å². The highest BCUT2D eigenvalue weighted by atomic mass is 79.9. The molecule has 0 bridgehead atoms. The van der Waals surface area contributed by atoms with Crippen LogP contribution in [0, 0.1) is 0 Å². The molecule has 0 saturated heterocycles. The van der Waals surface area contributed by atoms with Gasteiger partial charge in [-0.1, -0.05) is 41.4 Å². The number of aromatic nitrogens is 1. The summed E-state index contributed by atoms with van der Waals surface area (Å²) < 4.78 is 0.873. The topological polar surface area (TPSA) is 42.0 Å². The summed E-state index contributed by atoms with van der Waals surface area (Å²) in [5.74, 6) is -0.368. The van der Waals surface area contributed by atoms with Gasteiger partial charge >= 0.3 is 0 Å². The van der Waals surface area contributed by atoms with Crippen LogP contribution in [-0.2, 0) is 0 Å². The summed E-state index contributed by atoms with van der Waals surface area (Å²) >= 11 is 15.5. The normalized spacial score (nSPS) is 10.7. The van der Waals surface area contributed by atoms with Crippen LogP contribution in [-0.4, -0.2) is 10.9 Å². The molecule has 2 aromatic carbocycles. The number of para-hydroxylation sites is 1. The Balaban J connectivity index is 2.02. The van der Waals surface area contributed by atoms with Crippen molar-refractivity contribution in [1.29, 1.82) is 0 Å². The smallest absolute Gasteiger partial charge is 0.258 e. The lowest BCUT2D eigenvalue weighted by molar-refractivity contribution is 0.102. The molecule has 0 aliphatic rings. The first-order valence-electron chi connectivity index (χ1n) is 6.36. The second-order valence-electron chi connectivity index (χ2n) is 4.58. The fraction of sp³-hybridized carbons (Fsp3) is 0. The Morgan fingerprint density at radius 2 is 1.77 bits per heavy atom. The highest BCUT2D eigenvalue weighted by Crippen LogP contribution is 2.28. The van der Waals surface area contributed by atoms with Crippen molar-refractivity contribution in [3.8, 4) is 0 Å². The maximum Gasteiger partial charge on any atom is 0.258 e. The van der Waals surface area contributed by atoms with Gasteiger partial charge in [-0.05, 0) is 40.2 Å². The zero-order chi connectivity index (χ0) is 15.7. The zero-order valence-electron chi connectivity index (χ0n) is 11.1. The second-order valence-corrected chi connectivity index (χ2v) is 6.31. The molecule has 0 aliphatic carbocycles. The maximum absolute atomic E-state index is 12.4. The van der Waals surface area contributed by atoms with E-state index in [1.54, 1.807) is 30.5 Å². The number of pyridine rings is 1. The molecule has 1 amide bonds. The van der Waals surface area contributed by atoms with Gasteiger partial charge in [0.1, 0.15) is 0 Å². The quantitative estimate of drug-likeness (QED) is 0.617. The summed E-state index contributed by atoms with van der Waals surface area (Å²) in [4.78, 5) is 16.8. The summed E-state index contributed by atoms with van der Waals surface area (Å²) in [6, 6.07) is 12.4. The van der Waals surface area contributed by atoms with Crippen molar-refractivity contribution >= 4 is 61.6 Å². The van der Waals surface area contributed by atoms with Crippen LogP contribution in [0.15, 0.2) is 53.1 Å². The van der Waals surface area contributed by atoms with E-state index < -0.39 is 0 Å². The van der Waals surface area contributed by atoms with E-state index in [2.05, 4.69) is 26.2 Å². The zero-order valence-corrected chi connectivity index (χ0v) is 14.2.